The number of hydrogen-bond donors (Lipinski definition) is 1. The van der Waals surface area contributed by atoms with Crippen LogP contribution in [0, 0.1) is 5.82 Å². The van der Waals surface area contributed by atoms with Crippen molar-refractivity contribution in [2.75, 3.05) is 27.8 Å². The van der Waals surface area contributed by atoms with Crippen LogP contribution < -0.4 is 14.8 Å². The van der Waals surface area contributed by atoms with Crippen molar-refractivity contribution in [2.45, 2.75) is 17.9 Å². The molecule has 0 aromatic heterocycles. The fraction of sp³-hybridized carbons (Fsp3) is 0.316. The number of carbonyl (C=O) groups is 1. The van der Waals surface area contributed by atoms with Crippen LogP contribution in [-0.2, 0) is 14.8 Å². The van der Waals surface area contributed by atoms with E-state index in [1.807, 2.05) is 12.1 Å². The van der Waals surface area contributed by atoms with Crippen molar-refractivity contribution in [1.82, 2.24) is 9.62 Å². The summed E-state index contributed by atoms with van der Waals surface area (Å²) in [5, 5.41) is 2.74. The van der Waals surface area contributed by atoms with E-state index in [4.69, 9.17) is 9.47 Å². The molecule has 0 aliphatic carbocycles. The van der Waals surface area contributed by atoms with Gasteiger partial charge in [0.2, 0.25) is 15.9 Å². The minimum atomic E-state index is -4.12. The first kappa shape index (κ1) is 21.6. The minimum absolute atomic E-state index is 0.000240. The van der Waals surface area contributed by atoms with Crippen LogP contribution in [0.2, 0.25) is 0 Å². The Kier molecular flexibility index (Phi) is 6.98. The number of benzene rings is 2. The molecule has 0 fully saturated rings. The van der Waals surface area contributed by atoms with Crippen LogP contribution in [0.3, 0.4) is 0 Å². The van der Waals surface area contributed by atoms with E-state index in [-0.39, 0.29) is 16.7 Å². The average Bonchev–Trinajstić information content (AvgIpc) is 2.67. The highest BCUT2D eigenvalue weighted by Gasteiger charge is 2.27. The summed E-state index contributed by atoms with van der Waals surface area (Å²) in [6, 6.07) is 10.0. The van der Waals surface area contributed by atoms with Crippen LogP contribution in [0.4, 0.5) is 4.39 Å². The van der Waals surface area contributed by atoms with E-state index in [9.17, 15) is 17.6 Å². The van der Waals surface area contributed by atoms with E-state index in [0.717, 1.165) is 22.0 Å². The number of amides is 1. The Labute approximate surface area is 164 Å². The van der Waals surface area contributed by atoms with Crippen LogP contribution in [0.15, 0.2) is 47.4 Å². The van der Waals surface area contributed by atoms with Gasteiger partial charge in [-0.15, -0.1) is 0 Å². The number of hydrogen-bond acceptors (Lipinski definition) is 5. The monoisotopic (exact) mass is 410 g/mol. The molecule has 9 heteroatoms. The predicted octanol–water partition coefficient (Wildman–Crippen LogP) is 2.34. The summed E-state index contributed by atoms with van der Waals surface area (Å²) in [4.78, 5) is 12.0. The lowest BCUT2D eigenvalue weighted by Crippen LogP contribution is -2.39. The quantitative estimate of drug-likeness (QED) is 0.722. The fourth-order valence-corrected chi connectivity index (χ4v) is 3.86. The maximum atomic E-state index is 13.5. The number of nitrogens with zero attached hydrogens (tertiary/aromatic N) is 1. The topological polar surface area (TPSA) is 84.9 Å². The van der Waals surface area contributed by atoms with Gasteiger partial charge in [0.25, 0.3) is 0 Å². The molecule has 0 aliphatic heterocycles. The van der Waals surface area contributed by atoms with E-state index in [1.54, 1.807) is 26.2 Å². The lowest BCUT2D eigenvalue weighted by Gasteiger charge is -2.20. The highest BCUT2D eigenvalue weighted by Crippen LogP contribution is 2.27. The third-order valence-electron chi connectivity index (χ3n) is 4.17. The van der Waals surface area contributed by atoms with Crippen molar-refractivity contribution in [3.8, 4) is 11.5 Å². The first-order chi connectivity index (χ1) is 13.2. The van der Waals surface area contributed by atoms with Crippen LogP contribution in [-0.4, -0.2) is 46.4 Å². The molecule has 0 bridgehead atoms. The lowest BCUT2D eigenvalue weighted by molar-refractivity contribution is -0.121. The third-order valence-corrected chi connectivity index (χ3v) is 6.00. The normalized spacial score (nSPS) is 12.5. The lowest BCUT2D eigenvalue weighted by atomic mass is 10.1. The molecule has 0 unspecified atom stereocenters. The average molecular weight is 410 g/mol. The summed E-state index contributed by atoms with van der Waals surface area (Å²) in [5.74, 6) is -0.521. The molecule has 152 valence electrons. The van der Waals surface area contributed by atoms with Crippen molar-refractivity contribution in [3.63, 3.8) is 0 Å². The zero-order chi connectivity index (χ0) is 20.9. The van der Waals surface area contributed by atoms with Crippen LogP contribution >= 0.6 is 0 Å². The molecule has 0 spiro atoms. The molecule has 2 aromatic carbocycles. The van der Waals surface area contributed by atoms with E-state index in [0.29, 0.717) is 5.75 Å². The molecular formula is C19H23FN2O5S. The molecule has 1 amide bonds. The van der Waals surface area contributed by atoms with Crippen molar-refractivity contribution < 1.29 is 27.1 Å². The molecule has 0 saturated heterocycles. The number of rotatable bonds is 8. The molecule has 2 rings (SSSR count). The second kappa shape index (κ2) is 9.03. The number of halogens is 1. The Hall–Kier alpha value is -2.65. The summed E-state index contributed by atoms with van der Waals surface area (Å²) >= 11 is 0. The van der Waals surface area contributed by atoms with E-state index >= 15 is 0 Å². The van der Waals surface area contributed by atoms with Gasteiger partial charge in [-0.1, -0.05) is 12.1 Å². The summed E-state index contributed by atoms with van der Waals surface area (Å²) < 4.78 is 49.9. The second-order valence-corrected chi connectivity index (χ2v) is 8.13. The first-order valence-electron chi connectivity index (χ1n) is 8.42. The molecule has 0 heterocycles. The second-order valence-electron chi connectivity index (χ2n) is 6.12. The molecule has 0 saturated carbocycles. The number of ether oxygens (including phenoxy) is 2. The molecule has 1 atom stereocenters. The Morgan fingerprint density at radius 1 is 1.14 bits per heavy atom. The summed E-state index contributed by atoms with van der Waals surface area (Å²) in [7, 11) is -0.0236. The Bertz CT molecular complexity index is 932. The van der Waals surface area contributed by atoms with Gasteiger partial charge in [-0.05, 0) is 42.8 Å². The number of nitrogens with one attached hydrogen (secondary N) is 1. The maximum absolute atomic E-state index is 13.5. The minimum Gasteiger partial charge on any atom is -0.497 e. The van der Waals surface area contributed by atoms with Gasteiger partial charge in [-0.3, -0.25) is 4.79 Å². The van der Waals surface area contributed by atoms with Gasteiger partial charge in [0, 0.05) is 7.05 Å². The van der Waals surface area contributed by atoms with E-state index in [1.165, 1.54) is 20.2 Å². The smallest absolute Gasteiger partial charge is 0.247 e. The highest BCUT2D eigenvalue weighted by molar-refractivity contribution is 7.89. The van der Waals surface area contributed by atoms with Gasteiger partial charge in [-0.25, -0.2) is 12.8 Å². The molecular weight excluding hydrogens is 387 g/mol. The van der Waals surface area contributed by atoms with Crippen molar-refractivity contribution >= 4 is 15.9 Å². The molecule has 0 aliphatic rings. The summed E-state index contributed by atoms with van der Waals surface area (Å²) in [6.07, 6.45) is 0. The van der Waals surface area contributed by atoms with Gasteiger partial charge in [0.15, 0.2) is 0 Å². The number of carbonyl (C=O) groups excluding carboxylic acids is 1. The molecule has 0 radical (unpaired) electrons. The van der Waals surface area contributed by atoms with Crippen molar-refractivity contribution in [2.24, 2.45) is 0 Å². The zero-order valence-electron chi connectivity index (χ0n) is 16.1. The number of likely N-dealkylation sites (N-methyl/N-ethyl adjacent to an activating group) is 1. The highest BCUT2D eigenvalue weighted by atomic mass is 32.2. The van der Waals surface area contributed by atoms with Gasteiger partial charge in [0.1, 0.15) is 22.2 Å². The summed E-state index contributed by atoms with van der Waals surface area (Å²) in [5.41, 5.74) is 0.839. The third kappa shape index (κ3) is 4.99. The number of sulfonamides is 1. The molecule has 7 nitrogen and oxygen atoms in total. The fourth-order valence-electron chi connectivity index (χ4n) is 2.57. The number of methoxy groups -OCH3 is 2. The van der Waals surface area contributed by atoms with E-state index < -0.39 is 28.3 Å². The maximum Gasteiger partial charge on any atom is 0.247 e. The van der Waals surface area contributed by atoms with E-state index in [2.05, 4.69) is 5.32 Å². The van der Waals surface area contributed by atoms with Gasteiger partial charge >= 0.3 is 0 Å². The van der Waals surface area contributed by atoms with Crippen LogP contribution in [0.5, 0.6) is 11.5 Å². The Balaban J connectivity index is 2.09. The largest absolute Gasteiger partial charge is 0.497 e. The van der Waals surface area contributed by atoms with Crippen LogP contribution in [0.1, 0.15) is 18.5 Å². The van der Waals surface area contributed by atoms with Crippen LogP contribution in [0.25, 0.3) is 0 Å². The Morgan fingerprint density at radius 2 is 1.79 bits per heavy atom. The SMILES string of the molecule is COc1ccc([C@@H](C)NC(=O)CN(C)S(=O)(=O)c2cc(F)ccc2OC)cc1. The van der Waals surface area contributed by atoms with Crippen molar-refractivity contribution in [3.05, 3.63) is 53.8 Å². The van der Waals surface area contributed by atoms with Gasteiger partial charge < -0.3 is 14.8 Å². The molecule has 28 heavy (non-hydrogen) atoms. The standard InChI is InChI=1S/C19H23FN2O5S/c1-13(14-5-8-16(26-3)9-6-14)21-19(23)12-22(2)28(24,25)18-11-15(20)7-10-17(18)27-4/h5-11,13H,12H2,1-4H3,(H,21,23)/t13-/m1/s1. The predicted molar refractivity (Wildman–Crippen MR) is 102 cm³/mol. The summed E-state index contributed by atoms with van der Waals surface area (Å²) in [6.45, 7) is 1.35. The zero-order valence-corrected chi connectivity index (χ0v) is 16.9. The van der Waals surface area contributed by atoms with Crippen molar-refractivity contribution in [1.29, 1.82) is 0 Å². The molecule has 1 N–H and O–H groups in total. The van der Waals surface area contributed by atoms with Gasteiger partial charge in [0.05, 0.1) is 26.8 Å². The first-order valence-corrected chi connectivity index (χ1v) is 9.86. The Morgan fingerprint density at radius 3 is 2.36 bits per heavy atom. The molecule has 2 aromatic rings. The van der Waals surface area contributed by atoms with Gasteiger partial charge in [-0.2, -0.15) is 4.31 Å².